The van der Waals surface area contributed by atoms with Crippen molar-refractivity contribution in [1.29, 1.82) is 0 Å². The van der Waals surface area contributed by atoms with Gasteiger partial charge in [0.25, 0.3) is 0 Å². The predicted octanol–water partition coefficient (Wildman–Crippen LogP) is 1.99. The molecule has 0 N–H and O–H groups in total. The van der Waals surface area contributed by atoms with Gasteiger partial charge in [-0.3, -0.25) is 9.69 Å². The van der Waals surface area contributed by atoms with Gasteiger partial charge in [0, 0.05) is 26.1 Å². The second kappa shape index (κ2) is 6.63. The molecule has 2 aliphatic heterocycles. The van der Waals surface area contributed by atoms with E-state index < -0.39 is 0 Å². The predicted molar refractivity (Wildman–Crippen MR) is 80.2 cm³/mol. The molecule has 2 atom stereocenters. The van der Waals surface area contributed by atoms with Crippen LogP contribution in [0, 0.1) is 0 Å². The SMILES string of the molecule is CCCC[C@@H](C(=O)OC)N1CC(C)(C)O[C@]2(CCOC2)C1. The zero-order valence-electron chi connectivity index (χ0n) is 13.8. The monoisotopic (exact) mass is 299 g/mol. The average molecular weight is 299 g/mol. The number of nitrogens with zero attached hydrogens (tertiary/aromatic N) is 1. The summed E-state index contributed by atoms with van der Waals surface area (Å²) in [5.41, 5.74) is -0.537. The van der Waals surface area contributed by atoms with E-state index in [4.69, 9.17) is 14.2 Å². The van der Waals surface area contributed by atoms with Crippen LogP contribution in [0.1, 0.15) is 46.5 Å². The number of methoxy groups -OCH3 is 1. The maximum atomic E-state index is 12.2. The smallest absolute Gasteiger partial charge is 0.323 e. The fourth-order valence-electron chi connectivity index (χ4n) is 3.56. The summed E-state index contributed by atoms with van der Waals surface area (Å²) in [6, 6.07) is -0.171. The molecule has 0 aromatic heterocycles. The highest BCUT2D eigenvalue weighted by molar-refractivity contribution is 5.75. The molecule has 0 amide bonds. The molecule has 0 aliphatic carbocycles. The lowest BCUT2D eigenvalue weighted by Crippen LogP contribution is -2.63. The van der Waals surface area contributed by atoms with Crippen molar-refractivity contribution in [2.24, 2.45) is 0 Å². The maximum absolute atomic E-state index is 12.2. The summed E-state index contributed by atoms with van der Waals surface area (Å²) in [6.45, 7) is 9.18. The van der Waals surface area contributed by atoms with Crippen LogP contribution in [-0.2, 0) is 19.0 Å². The van der Waals surface area contributed by atoms with Gasteiger partial charge in [-0.1, -0.05) is 19.8 Å². The first-order chi connectivity index (χ1) is 9.91. The van der Waals surface area contributed by atoms with Crippen LogP contribution in [0.3, 0.4) is 0 Å². The second-order valence-corrected chi connectivity index (χ2v) is 6.93. The molecule has 2 aliphatic rings. The standard InChI is InChI=1S/C16H29NO4/c1-5-6-7-13(14(18)19-4)17-10-15(2,3)21-16(11-17)8-9-20-12-16/h13H,5-12H2,1-4H3/t13-,16+/m0/s1. The van der Waals surface area contributed by atoms with Crippen molar-refractivity contribution in [1.82, 2.24) is 4.90 Å². The van der Waals surface area contributed by atoms with Crippen molar-refractivity contribution < 1.29 is 19.0 Å². The van der Waals surface area contributed by atoms with Crippen LogP contribution in [0.4, 0.5) is 0 Å². The Balaban J connectivity index is 2.15. The molecule has 2 saturated heterocycles. The number of ether oxygens (including phenoxy) is 3. The molecule has 0 saturated carbocycles. The van der Waals surface area contributed by atoms with Crippen molar-refractivity contribution in [3.05, 3.63) is 0 Å². The first-order valence-electron chi connectivity index (χ1n) is 8.01. The number of carbonyl (C=O) groups is 1. The minimum Gasteiger partial charge on any atom is -0.468 e. The van der Waals surface area contributed by atoms with Crippen LogP contribution in [0.2, 0.25) is 0 Å². The van der Waals surface area contributed by atoms with E-state index in [1.54, 1.807) is 0 Å². The number of hydrogen-bond donors (Lipinski definition) is 0. The first kappa shape index (κ1) is 16.7. The van der Waals surface area contributed by atoms with Crippen LogP contribution in [-0.4, -0.2) is 61.5 Å². The van der Waals surface area contributed by atoms with Crippen LogP contribution < -0.4 is 0 Å². The third-order valence-corrected chi connectivity index (χ3v) is 4.38. The third kappa shape index (κ3) is 3.96. The van der Waals surface area contributed by atoms with Crippen molar-refractivity contribution in [3.63, 3.8) is 0 Å². The molecule has 2 rings (SSSR count). The largest absolute Gasteiger partial charge is 0.468 e. The number of carbonyl (C=O) groups excluding carboxylic acids is 1. The summed E-state index contributed by atoms with van der Waals surface area (Å²) >= 11 is 0. The lowest BCUT2D eigenvalue weighted by molar-refractivity contribution is -0.205. The third-order valence-electron chi connectivity index (χ3n) is 4.38. The number of hydrogen-bond acceptors (Lipinski definition) is 5. The topological polar surface area (TPSA) is 48.0 Å². The zero-order valence-corrected chi connectivity index (χ0v) is 13.8. The maximum Gasteiger partial charge on any atom is 0.323 e. The van der Waals surface area contributed by atoms with Crippen molar-refractivity contribution in [2.75, 3.05) is 33.4 Å². The van der Waals surface area contributed by atoms with Crippen LogP contribution in [0.5, 0.6) is 0 Å². The van der Waals surface area contributed by atoms with E-state index >= 15 is 0 Å². The molecule has 21 heavy (non-hydrogen) atoms. The Morgan fingerprint density at radius 3 is 2.71 bits per heavy atom. The van der Waals surface area contributed by atoms with Gasteiger partial charge in [0.1, 0.15) is 11.6 Å². The summed E-state index contributed by atoms with van der Waals surface area (Å²) in [5.74, 6) is -0.129. The molecule has 0 aromatic rings. The van der Waals surface area contributed by atoms with E-state index in [2.05, 4.69) is 25.7 Å². The normalized spacial score (nSPS) is 30.5. The minimum absolute atomic E-state index is 0.129. The summed E-state index contributed by atoms with van der Waals surface area (Å²) in [6.07, 6.45) is 3.85. The molecule has 0 aromatic carbocycles. The van der Waals surface area contributed by atoms with E-state index in [0.717, 1.165) is 45.4 Å². The highest BCUT2D eigenvalue weighted by Crippen LogP contribution is 2.36. The molecule has 0 radical (unpaired) electrons. The van der Waals surface area contributed by atoms with Gasteiger partial charge in [0.05, 0.1) is 19.3 Å². The van der Waals surface area contributed by atoms with Gasteiger partial charge in [-0.2, -0.15) is 0 Å². The Morgan fingerprint density at radius 2 is 2.14 bits per heavy atom. The van der Waals surface area contributed by atoms with Gasteiger partial charge in [0.15, 0.2) is 0 Å². The lowest BCUT2D eigenvalue weighted by Gasteiger charge is -2.49. The molecule has 2 heterocycles. The summed E-state index contributed by atoms with van der Waals surface area (Å²) in [5, 5.41) is 0. The highest BCUT2D eigenvalue weighted by atomic mass is 16.6. The van der Waals surface area contributed by atoms with Crippen molar-refractivity contribution in [2.45, 2.75) is 63.7 Å². The number of rotatable bonds is 5. The number of esters is 1. The van der Waals surface area contributed by atoms with Crippen LogP contribution >= 0.6 is 0 Å². The molecule has 2 fully saturated rings. The zero-order chi connectivity index (χ0) is 15.5. The van der Waals surface area contributed by atoms with Gasteiger partial charge in [-0.25, -0.2) is 0 Å². The first-order valence-corrected chi connectivity index (χ1v) is 8.01. The Morgan fingerprint density at radius 1 is 1.38 bits per heavy atom. The van der Waals surface area contributed by atoms with E-state index in [0.29, 0.717) is 6.61 Å². The molecular formula is C16H29NO4. The Labute approximate surface area is 127 Å². The Hall–Kier alpha value is -0.650. The summed E-state index contributed by atoms with van der Waals surface area (Å²) in [7, 11) is 1.47. The Kier molecular flexibility index (Phi) is 5.28. The number of morpholine rings is 1. The molecule has 122 valence electrons. The van der Waals surface area contributed by atoms with Crippen LogP contribution in [0.15, 0.2) is 0 Å². The Bertz CT molecular complexity index is 363. The van der Waals surface area contributed by atoms with Gasteiger partial charge >= 0.3 is 5.97 Å². The van der Waals surface area contributed by atoms with Crippen molar-refractivity contribution >= 4 is 5.97 Å². The molecule has 5 heteroatoms. The number of unbranched alkanes of at least 4 members (excludes halogenated alkanes) is 1. The minimum atomic E-state index is -0.273. The van der Waals surface area contributed by atoms with E-state index in [-0.39, 0.29) is 23.2 Å². The van der Waals surface area contributed by atoms with Crippen LogP contribution in [0.25, 0.3) is 0 Å². The van der Waals surface area contributed by atoms with E-state index in [1.165, 1.54) is 7.11 Å². The second-order valence-electron chi connectivity index (χ2n) is 6.93. The molecule has 0 bridgehead atoms. The van der Waals surface area contributed by atoms with Gasteiger partial charge < -0.3 is 14.2 Å². The molecule has 5 nitrogen and oxygen atoms in total. The quantitative estimate of drug-likeness (QED) is 0.727. The van der Waals surface area contributed by atoms with Gasteiger partial charge in [0.2, 0.25) is 0 Å². The van der Waals surface area contributed by atoms with E-state index in [1.807, 2.05) is 0 Å². The van der Waals surface area contributed by atoms with Gasteiger partial charge in [-0.15, -0.1) is 0 Å². The average Bonchev–Trinajstić information content (AvgIpc) is 2.84. The molecule has 0 unspecified atom stereocenters. The van der Waals surface area contributed by atoms with E-state index in [9.17, 15) is 4.79 Å². The summed E-state index contributed by atoms with van der Waals surface area (Å²) < 4.78 is 16.9. The molecular weight excluding hydrogens is 270 g/mol. The lowest BCUT2D eigenvalue weighted by atomic mass is 9.92. The fourth-order valence-corrected chi connectivity index (χ4v) is 3.56. The molecule has 1 spiro atoms. The summed E-state index contributed by atoms with van der Waals surface area (Å²) in [4.78, 5) is 14.4. The van der Waals surface area contributed by atoms with Gasteiger partial charge in [-0.05, 0) is 20.3 Å². The fraction of sp³-hybridized carbons (Fsp3) is 0.938. The highest BCUT2D eigenvalue weighted by Gasteiger charge is 2.49. The van der Waals surface area contributed by atoms with Crippen molar-refractivity contribution in [3.8, 4) is 0 Å².